The van der Waals surface area contributed by atoms with Crippen molar-refractivity contribution in [1.29, 1.82) is 0 Å². The number of morpholine rings is 1. The van der Waals surface area contributed by atoms with Crippen molar-refractivity contribution in [2.45, 2.75) is 58.8 Å². The molecular weight excluding hydrogens is 272 g/mol. The molecule has 4 nitrogen and oxygen atoms in total. The van der Waals surface area contributed by atoms with E-state index in [2.05, 4.69) is 32.6 Å². The minimum atomic E-state index is -0.353. The van der Waals surface area contributed by atoms with Gasteiger partial charge in [0.1, 0.15) is 0 Å². The molecule has 1 N–H and O–H groups in total. The molecule has 0 radical (unpaired) electrons. The van der Waals surface area contributed by atoms with E-state index in [1.54, 1.807) is 11.3 Å². The van der Waals surface area contributed by atoms with Crippen molar-refractivity contribution in [3.63, 3.8) is 0 Å². The van der Waals surface area contributed by atoms with E-state index >= 15 is 0 Å². The first-order chi connectivity index (χ1) is 9.35. The summed E-state index contributed by atoms with van der Waals surface area (Å²) in [5.74, 6) is 0. The van der Waals surface area contributed by atoms with Crippen molar-refractivity contribution in [2.24, 2.45) is 5.41 Å². The summed E-state index contributed by atoms with van der Waals surface area (Å²) in [6.07, 6.45) is 1.68. The molecule has 1 aliphatic heterocycles. The van der Waals surface area contributed by atoms with Crippen molar-refractivity contribution in [1.82, 2.24) is 4.98 Å². The Morgan fingerprint density at radius 3 is 2.90 bits per heavy atom. The number of aliphatic hydroxyl groups excluding tert-OH is 1. The summed E-state index contributed by atoms with van der Waals surface area (Å²) >= 11 is 1.67. The highest BCUT2D eigenvalue weighted by atomic mass is 32.1. The lowest BCUT2D eigenvalue weighted by Gasteiger charge is -2.36. The molecule has 1 fully saturated rings. The fraction of sp³-hybridized carbons (Fsp3) is 0.800. The molecule has 112 valence electrons. The highest BCUT2D eigenvalue weighted by molar-refractivity contribution is 7.15. The third-order valence-corrected chi connectivity index (χ3v) is 5.50. The van der Waals surface area contributed by atoms with Crippen LogP contribution < -0.4 is 4.90 Å². The van der Waals surface area contributed by atoms with Crippen molar-refractivity contribution >= 4 is 16.5 Å². The van der Waals surface area contributed by atoms with E-state index in [1.807, 2.05) is 0 Å². The molecule has 2 heterocycles. The van der Waals surface area contributed by atoms with Gasteiger partial charge in [-0.3, -0.25) is 0 Å². The zero-order valence-electron chi connectivity index (χ0n) is 12.7. The molecule has 3 atom stereocenters. The average Bonchev–Trinajstić information content (AvgIpc) is 2.74. The largest absolute Gasteiger partial charge is 0.387 e. The van der Waals surface area contributed by atoms with E-state index in [9.17, 15) is 5.11 Å². The first kappa shape index (κ1) is 14.3. The molecular formula is C15H24N2O2S. The van der Waals surface area contributed by atoms with E-state index in [0.29, 0.717) is 6.04 Å². The van der Waals surface area contributed by atoms with Gasteiger partial charge in [0.2, 0.25) is 0 Å². The predicted octanol–water partition coefficient (Wildman–Crippen LogP) is 2.76. The van der Waals surface area contributed by atoms with Crippen LogP contribution in [0.3, 0.4) is 0 Å². The highest BCUT2D eigenvalue weighted by Gasteiger charge is 2.36. The topological polar surface area (TPSA) is 45.6 Å². The number of nitrogens with zero attached hydrogens (tertiary/aromatic N) is 2. The number of thiazole rings is 1. The number of rotatable bonds is 1. The smallest absolute Gasteiger partial charge is 0.186 e. The van der Waals surface area contributed by atoms with E-state index in [-0.39, 0.29) is 17.6 Å². The van der Waals surface area contributed by atoms with Crippen LogP contribution in [-0.2, 0) is 11.2 Å². The Morgan fingerprint density at radius 1 is 1.40 bits per heavy atom. The first-order valence-electron chi connectivity index (χ1n) is 7.41. The lowest BCUT2D eigenvalue weighted by atomic mass is 9.77. The molecule has 3 unspecified atom stereocenters. The van der Waals surface area contributed by atoms with Crippen LogP contribution >= 0.6 is 11.3 Å². The van der Waals surface area contributed by atoms with E-state index in [1.165, 1.54) is 0 Å². The van der Waals surface area contributed by atoms with E-state index in [0.717, 1.165) is 41.7 Å². The second-order valence-electron chi connectivity index (χ2n) is 7.01. The van der Waals surface area contributed by atoms with Crippen LogP contribution in [-0.4, -0.2) is 35.4 Å². The Hall–Kier alpha value is -0.650. The van der Waals surface area contributed by atoms with Crippen molar-refractivity contribution in [2.75, 3.05) is 18.1 Å². The maximum Gasteiger partial charge on any atom is 0.186 e. The first-order valence-corrected chi connectivity index (χ1v) is 8.23. The van der Waals surface area contributed by atoms with Crippen LogP contribution in [0.25, 0.3) is 0 Å². The second kappa shape index (κ2) is 4.97. The predicted molar refractivity (Wildman–Crippen MR) is 81.4 cm³/mol. The van der Waals surface area contributed by atoms with E-state index in [4.69, 9.17) is 9.72 Å². The Labute approximate surface area is 124 Å². The van der Waals surface area contributed by atoms with Crippen LogP contribution in [0, 0.1) is 5.41 Å². The van der Waals surface area contributed by atoms with Crippen molar-refractivity contribution in [3.05, 3.63) is 10.6 Å². The standard InChI is InChI=1S/C15H24N2O2S/c1-9-8-19-10(2)7-17(9)14-16-11-5-15(3,4)6-12(18)13(11)20-14/h9-10,12,18H,5-8H2,1-4H3. The van der Waals surface area contributed by atoms with Gasteiger partial charge in [-0.25, -0.2) is 4.98 Å². The summed E-state index contributed by atoms with van der Waals surface area (Å²) in [5.41, 5.74) is 1.24. The Kier molecular flexibility index (Phi) is 3.55. The van der Waals surface area contributed by atoms with Crippen LogP contribution in [0.5, 0.6) is 0 Å². The molecule has 1 saturated heterocycles. The quantitative estimate of drug-likeness (QED) is 0.865. The number of ether oxygens (including phenoxy) is 1. The zero-order valence-corrected chi connectivity index (χ0v) is 13.5. The van der Waals surface area contributed by atoms with Gasteiger partial charge in [0.15, 0.2) is 5.13 Å². The number of fused-ring (bicyclic) bond motifs is 1. The van der Waals surface area contributed by atoms with Crippen molar-refractivity contribution in [3.8, 4) is 0 Å². The Morgan fingerprint density at radius 2 is 2.15 bits per heavy atom. The number of aromatic nitrogens is 1. The normalized spacial score (nSPS) is 33.0. The molecule has 1 aromatic rings. The molecule has 1 aromatic heterocycles. The van der Waals surface area contributed by atoms with E-state index < -0.39 is 0 Å². The second-order valence-corrected chi connectivity index (χ2v) is 8.02. The zero-order chi connectivity index (χ0) is 14.5. The third kappa shape index (κ3) is 2.59. The maximum absolute atomic E-state index is 10.4. The minimum absolute atomic E-state index is 0.141. The van der Waals surface area contributed by atoms with Crippen LogP contribution in [0.2, 0.25) is 0 Å². The number of aliphatic hydroxyl groups is 1. The van der Waals surface area contributed by atoms with Crippen molar-refractivity contribution < 1.29 is 9.84 Å². The van der Waals surface area contributed by atoms with Gasteiger partial charge >= 0.3 is 0 Å². The molecule has 3 rings (SSSR count). The summed E-state index contributed by atoms with van der Waals surface area (Å²) in [5, 5.41) is 11.4. The van der Waals surface area contributed by atoms with Gasteiger partial charge in [0.25, 0.3) is 0 Å². The van der Waals surface area contributed by atoms with Gasteiger partial charge in [0.05, 0.1) is 35.4 Å². The SMILES string of the molecule is CC1CN(c2nc3c(s2)C(O)CC(C)(C)C3)C(C)CO1. The molecule has 0 aromatic carbocycles. The number of anilines is 1. The lowest BCUT2D eigenvalue weighted by molar-refractivity contribution is 0.0343. The fourth-order valence-corrected chi connectivity index (χ4v) is 4.35. The third-order valence-electron chi connectivity index (χ3n) is 4.26. The monoisotopic (exact) mass is 296 g/mol. The molecule has 0 bridgehead atoms. The van der Waals surface area contributed by atoms with Crippen LogP contribution in [0.1, 0.15) is 50.8 Å². The van der Waals surface area contributed by atoms with Gasteiger partial charge in [-0.15, -0.1) is 0 Å². The lowest BCUT2D eigenvalue weighted by Crippen LogP contribution is -2.47. The molecule has 2 aliphatic rings. The van der Waals surface area contributed by atoms with Gasteiger partial charge in [-0.2, -0.15) is 0 Å². The molecule has 1 aliphatic carbocycles. The number of hydrogen-bond donors (Lipinski definition) is 1. The van der Waals surface area contributed by atoms with Gasteiger partial charge in [-0.05, 0) is 32.1 Å². The summed E-state index contributed by atoms with van der Waals surface area (Å²) in [6.45, 7) is 10.3. The summed E-state index contributed by atoms with van der Waals surface area (Å²) in [6, 6.07) is 0.351. The van der Waals surface area contributed by atoms with Gasteiger partial charge in [-0.1, -0.05) is 25.2 Å². The van der Waals surface area contributed by atoms with Gasteiger partial charge < -0.3 is 14.7 Å². The highest BCUT2D eigenvalue weighted by Crippen LogP contribution is 2.45. The van der Waals surface area contributed by atoms with Gasteiger partial charge in [0, 0.05) is 6.54 Å². The summed E-state index contributed by atoms with van der Waals surface area (Å²) < 4.78 is 5.68. The molecule has 0 saturated carbocycles. The summed E-state index contributed by atoms with van der Waals surface area (Å²) in [4.78, 5) is 8.24. The minimum Gasteiger partial charge on any atom is -0.387 e. The molecule has 0 amide bonds. The number of hydrogen-bond acceptors (Lipinski definition) is 5. The van der Waals surface area contributed by atoms with Crippen LogP contribution in [0.4, 0.5) is 5.13 Å². The van der Waals surface area contributed by atoms with Crippen LogP contribution in [0.15, 0.2) is 0 Å². The Bertz CT molecular complexity index is 500. The Balaban J connectivity index is 1.89. The fourth-order valence-electron chi connectivity index (χ4n) is 3.17. The molecule has 20 heavy (non-hydrogen) atoms. The molecule has 0 spiro atoms. The summed E-state index contributed by atoms with van der Waals surface area (Å²) in [7, 11) is 0. The maximum atomic E-state index is 10.4. The average molecular weight is 296 g/mol. The molecule has 5 heteroatoms.